The van der Waals surface area contributed by atoms with Gasteiger partial charge in [-0.1, -0.05) is 0 Å². The van der Waals surface area contributed by atoms with E-state index in [1.54, 1.807) is 13.2 Å². The largest absolute Gasteiger partial charge is 0.496 e. The number of aliphatic imine (C=N–C) groups is 1. The fourth-order valence-electron chi connectivity index (χ4n) is 1.96. The number of ether oxygens (including phenoxy) is 1. The fourth-order valence-corrected chi connectivity index (χ4v) is 2.47. The molecule has 1 aromatic rings. The smallest absolute Gasteiger partial charge is 0.235 e. The molecule has 1 aliphatic carbocycles. The molecule has 1 saturated carbocycles. The first-order valence-electron chi connectivity index (χ1n) is 5.06. The summed E-state index contributed by atoms with van der Waals surface area (Å²) in [6.45, 7) is 2.00. The van der Waals surface area contributed by atoms with Crippen LogP contribution in [0.1, 0.15) is 24.0 Å². The summed E-state index contributed by atoms with van der Waals surface area (Å²) in [6.07, 6.45) is 3.51. The van der Waals surface area contributed by atoms with Crippen LogP contribution in [0, 0.1) is 6.92 Å². The zero-order chi connectivity index (χ0) is 11.8. The minimum absolute atomic E-state index is 0.319. The lowest BCUT2D eigenvalue weighted by Crippen LogP contribution is -2.05. The number of aryl methyl sites for hydroxylation is 1. The summed E-state index contributed by atoms with van der Waals surface area (Å²) in [5.74, 6) is 0.798. The van der Waals surface area contributed by atoms with Crippen LogP contribution in [0.3, 0.4) is 0 Å². The molecule has 1 aliphatic rings. The number of carbonyl (C=O) groups excluding carboxylic acids is 1. The summed E-state index contributed by atoms with van der Waals surface area (Å²) in [4.78, 5) is 14.4. The van der Waals surface area contributed by atoms with E-state index in [9.17, 15) is 4.79 Å². The number of rotatable bonds is 3. The van der Waals surface area contributed by atoms with Crippen LogP contribution >= 0.6 is 15.9 Å². The van der Waals surface area contributed by atoms with E-state index in [2.05, 4.69) is 20.9 Å². The Kier molecular flexibility index (Phi) is 2.87. The highest BCUT2D eigenvalue weighted by molar-refractivity contribution is 9.10. The monoisotopic (exact) mass is 281 g/mol. The Morgan fingerprint density at radius 3 is 2.69 bits per heavy atom. The van der Waals surface area contributed by atoms with E-state index in [0.29, 0.717) is 0 Å². The van der Waals surface area contributed by atoms with Crippen molar-refractivity contribution in [3.05, 3.63) is 27.7 Å². The molecule has 0 saturated heterocycles. The normalized spacial score (nSPS) is 16.4. The van der Waals surface area contributed by atoms with Gasteiger partial charge in [0, 0.05) is 0 Å². The Morgan fingerprint density at radius 1 is 1.50 bits per heavy atom. The van der Waals surface area contributed by atoms with E-state index in [0.717, 1.165) is 34.2 Å². The third-order valence-corrected chi connectivity index (χ3v) is 3.60. The van der Waals surface area contributed by atoms with Crippen LogP contribution in [-0.4, -0.2) is 13.2 Å². The third kappa shape index (κ3) is 1.79. The molecule has 0 unspecified atom stereocenters. The maximum atomic E-state index is 10.4. The van der Waals surface area contributed by atoms with Crippen molar-refractivity contribution in [3.63, 3.8) is 0 Å². The molecule has 3 nitrogen and oxygen atoms in total. The van der Waals surface area contributed by atoms with Crippen molar-refractivity contribution in [2.75, 3.05) is 7.11 Å². The zero-order valence-corrected chi connectivity index (χ0v) is 10.8. The Balaban J connectivity index is 2.50. The van der Waals surface area contributed by atoms with Gasteiger partial charge in [-0.25, -0.2) is 4.79 Å². The van der Waals surface area contributed by atoms with Gasteiger partial charge in [-0.15, -0.1) is 0 Å². The number of nitrogens with zero attached hydrogens (tertiary/aromatic N) is 1. The number of methoxy groups -OCH3 is 1. The van der Waals surface area contributed by atoms with Crippen molar-refractivity contribution in [2.45, 2.75) is 25.3 Å². The van der Waals surface area contributed by atoms with E-state index in [4.69, 9.17) is 4.74 Å². The van der Waals surface area contributed by atoms with Crippen molar-refractivity contribution in [1.82, 2.24) is 0 Å². The lowest BCUT2D eigenvalue weighted by Gasteiger charge is -2.14. The van der Waals surface area contributed by atoms with E-state index in [-0.39, 0.29) is 5.54 Å². The highest BCUT2D eigenvalue weighted by Crippen LogP contribution is 2.51. The second-order valence-corrected chi connectivity index (χ2v) is 4.89. The Bertz CT molecular complexity index is 474. The van der Waals surface area contributed by atoms with E-state index in [1.165, 1.54) is 0 Å². The van der Waals surface area contributed by atoms with Gasteiger partial charge in [0.2, 0.25) is 6.08 Å². The van der Waals surface area contributed by atoms with E-state index < -0.39 is 0 Å². The van der Waals surface area contributed by atoms with Crippen molar-refractivity contribution >= 4 is 22.0 Å². The predicted octanol–water partition coefficient (Wildman–Crippen LogP) is 3.09. The van der Waals surface area contributed by atoms with Gasteiger partial charge in [0.15, 0.2) is 0 Å². The standard InChI is InChI=1S/C12H12BrNO2/c1-8-5-11(16-2)10(13)6-9(8)12(3-4-12)14-7-15/h5-6H,3-4H2,1-2H3. The number of halogens is 1. The molecule has 16 heavy (non-hydrogen) atoms. The molecule has 0 atom stereocenters. The van der Waals surface area contributed by atoms with Gasteiger partial charge in [-0.2, -0.15) is 4.99 Å². The van der Waals surface area contributed by atoms with Crippen LogP contribution in [0.5, 0.6) is 5.75 Å². The molecule has 0 spiro atoms. The zero-order valence-electron chi connectivity index (χ0n) is 9.21. The lowest BCUT2D eigenvalue weighted by molar-refractivity contribution is 0.411. The number of hydrogen-bond donors (Lipinski definition) is 0. The molecule has 0 radical (unpaired) electrons. The molecular weight excluding hydrogens is 270 g/mol. The maximum absolute atomic E-state index is 10.4. The maximum Gasteiger partial charge on any atom is 0.235 e. The molecule has 84 valence electrons. The Morgan fingerprint density at radius 2 is 2.19 bits per heavy atom. The first-order valence-corrected chi connectivity index (χ1v) is 5.86. The molecule has 4 heteroatoms. The summed E-state index contributed by atoms with van der Waals surface area (Å²) < 4.78 is 6.11. The molecule has 0 N–H and O–H groups in total. The molecule has 1 aromatic carbocycles. The average Bonchev–Trinajstić information content (AvgIpc) is 3.02. The summed E-state index contributed by atoms with van der Waals surface area (Å²) in [5, 5.41) is 0. The Hall–Kier alpha value is -1.12. The van der Waals surface area contributed by atoms with Gasteiger partial charge in [0.05, 0.1) is 17.1 Å². The first-order chi connectivity index (χ1) is 7.63. The van der Waals surface area contributed by atoms with Crippen LogP contribution in [0.25, 0.3) is 0 Å². The van der Waals surface area contributed by atoms with Gasteiger partial charge < -0.3 is 4.74 Å². The third-order valence-electron chi connectivity index (χ3n) is 2.98. The van der Waals surface area contributed by atoms with Gasteiger partial charge >= 0.3 is 0 Å². The predicted molar refractivity (Wildman–Crippen MR) is 64.5 cm³/mol. The molecule has 0 aromatic heterocycles. The van der Waals surface area contributed by atoms with Crippen molar-refractivity contribution in [3.8, 4) is 5.75 Å². The highest BCUT2D eigenvalue weighted by Gasteiger charge is 2.46. The molecule has 1 fully saturated rings. The molecule has 0 amide bonds. The van der Waals surface area contributed by atoms with Crippen molar-refractivity contribution < 1.29 is 9.53 Å². The van der Waals surface area contributed by atoms with Gasteiger partial charge in [0.1, 0.15) is 5.75 Å². The topological polar surface area (TPSA) is 38.7 Å². The lowest BCUT2D eigenvalue weighted by atomic mass is 9.99. The van der Waals surface area contributed by atoms with Crippen LogP contribution in [0.2, 0.25) is 0 Å². The summed E-state index contributed by atoms with van der Waals surface area (Å²) in [7, 11) is 1.63. The van der Waals surface area contributed by atoms with Crippen molar-refractivity contribution in [2.24, 2.45) is 4.99 Å². The van der Waals surface area contributed by atoms with Crippen LogP contribution in [0.15, 0.2) is 21.6 Å². The van der Waals surface area contributed by atoms with Gasteiger partial charge in [0.25, 0.3) is 0 Å². The minimum atomic E-state index is -0.319. The minimum Gasteiger partial charge on any atom is -0.496 e. The van der Waals surface area contributed by atoms with Gasteiger partial charge in [-0.05, 0) is 59.0 Å². The first kappa shape index (κ1) is 11.4. The second kappa shape index (κ2) is 4.04. The van der Waals surface area contributed by atoms with E-state index in [1.807, 2.05) is 19.1 Å². The van der Waals surface area contributed by atoms with Crippen LogP contribution in [0.4, 0.5) is 0 Å². The molecule has 0 heterocycles. The SMILES string of the molecule is COc1cc(C)c(C2(N=C=O)CC2)cc1Br. The highest BCUT2D eigenvalue weighted by atomic mass is 79.9. The second-order valence-electron chi connectivity index (χ2n) is 4.04. The summed E-state index contributed by atoms with van der Waals surface area (Å²) in [5.41, 5.74) is 1.86. The molecular formula is C12H12BrNO2. The van der Waals surface area contributed by atoms with E-state index >= 15 is 0 Å². The fraction of sp³-hybridized carbons (Fsp3) is 0.417. The van der Waals surface area contributed by atoms with Crippen LogP contribution < -0.4 is 4.74 Å². The number of hydrogen-bond acceptors (Lipinski definition) is 3. The number of benzene rings is 1. The molecule has 0 aliphatic heterocycles. The quantitative estimate of drug-likeness (QED) is 0.631. The Labute approximate surface area is 103 Å². The summed E-state index contributed by atoms with van der Waals surface area (Å²) >= 11 is 3.45. The van der Waals surface area contributed by atoms with Crippen molar-refractivity contribution in [1.29, 1.82) is 0 Å². The van der Waals surface area contributed by atoms with Crippen LogP contribution in [-0.2, 0) is 10.3 Å². The molecule has 0 bridgehead atoms. The van der Waals surface area contributed by atoms with Gasteiger partial charge in [-0.3, -0.25) is 0 Å². The summed E-state index contributed by atoms with van der Waals surface area (Å²) in [6, 6.07) is 3.95. The number of isocyanates is 1. The molecule has 2 rings (SSSR count). The average molecular weight is 282 g/mol.